The van der Waals surface area contributed by atoms with Crippen molar-refractivity contribution in [1.82, 2.24) is 0 Å². The van der Waals surface area contributed by atoms with Gasteiger partial charge in [-0.3, -0.25) is 0 Å². The van der Waals surface area contributed by atoms with Crippen LogP contribution in [0.5, 0.6) is 0 Å². The van der Waals surface area contributed by atoms with E-state index in [0.29, 0.717) is 0 Å². The van der Waals surface area contributed by atoms with Gasteiger partial charge in [-0.15, -0.1) is 25.0 Å². The molecule has 0 radical (unpaired) electrons. The van der Waals surface area contributed by atoms with Crippen molar-refractivity contribution >= 4 is 25.0 Å². The lowest BCUT2D eigenvalue weighted by atomic mass is 10.4. The van der Waals surface area contributed by atoms with Gasteiger partial charge in [-0.25, -0.2) is 4.39 Å². The molecule has 0 saturated carbocycles. The Labute approximate surface area is 64.9 Å². The van der Waals surface area contributed by atoms with Crippen molar-refractivity contribution in [3.63, 3.8) is 0 Å². The quantitative estimate of drug-likeness (QED) is 0.560. The SMILES string of the molecule is Cl.Fc1ccc(S)cc1. The largest absolute Gasteiger partial charge is 0.207 e. The van der Waals surface area contributed by atoms with Gasteiger partial charge in [0, 0.05) is 4.90 Å². The molecule has 1 aromatic rings. The highest BCUT2D eigenvalue weighted by atomic mass is 35.5. The molecule has 0 saturated heterocycles. The Morgan fingerprint density at radius 2 is 1.56 bits per heavy atom. The highest BCUT2D eigenvalue weighted by Gasteiger charge is 1.84. The summed E-state index contributed by atoms with van der Waals surface area (Å²) in [5.74, 6) is -0.220. The molecule has 0 bridgehead atoms. The van der Waals surface area contributed by atoms with Crippen LogP contribution in [0.2, 0.25) is 0 Å². The van der Waals surface area contributed by atoms with Crippen molar-refractivity contribution in [2.24, 2.45) is 0 Å². The maximum absolute atomic E-state index is 12.1. The maximum atomic E-state index is 12.1. The molecule has 0 unspecified atom stereocenters. The van der Waals surface area contributed by atoms with Crippen LogP contribution in [-0.2, 0) is 0 Å². The smallest absolute Gasteiger partial charge is 0.123 e. The van der Waals surface area contributed by atoms with Crippen molar-refractivity contribution < 1.29 is 4.39 Å². The van der Waals surface area contributed by atoms with Crippen molar-refractivity contribution in [1.29, 1.82) is 0 Å². The lowest BCUT2D eigenvalue weighted by Crippen LogP contribution is -1.68. The van der Waals surface area contributed by atoms with Gasteiger partial charge >= 0.3 is 0 Å². The summed E-state index contributed by atoms with van der Waals surface area (Å²) in [5.41, 5.74) is 0. The fourth-order valence-electron chi connectivity index (χ4n) is 0.441. The molecule has 0 heterocycles. The summed E-state index contributed by atoms with van der Waals surface area (Å²) < 4.78 is 12.1. The predicted molar refractivity (Wildman–Crippen MR) is 40.9 cm³/mol. The van der Waals surface area contributed by atoms with Crippen molar-refractivity contribution in [3.05, 3.63) is 30.1 Å². The number of hydrogen-bond acceptors (Lipinski definition) is 1. The molecule has 9 heavy (non-hydrogen) atoms. The van der Waals surface area contributed by atoms with Crippen LogP contribution >= 0.6 is 25.0 Å². The lowest BCUT2D eigenvalue weighted by Gasteiger charge is -1.86. The van der Waals surface area contributed by atoms with E-state index >= 15 is 0 Å². The zero-order valence-corrected chi connectivity index (χ0v) is 6.25. The lowest BCUT2D eigenvalue weighted by molar-refractivity contribution is 0.626. The van der Waals surface area contributed by atoms with Crippen LogP contribution in [0.15, 0.2) is 29.2 Å². The first-order valence-corrected chi connectivity index (χ1v) is 2.68. The second-order valence-electron chi connectivity index (χ2n) is 1.48. The van der Waals surface area contributed by atoms with Crippen LogP contribution in [0, 0.1) is 5.82 Å². The molecular weight excluding hydrogens is 159 g/mol. The summed E-state index contributed by atoms with van der Waals surface area (Å²) in [7, 11) is 0. The molecule has 0 aliphatic rings. The molecule has 0 atom stereocenters. The minimum absolute atomic E-state index is 0. The first-order valence-electron chi connectivity index (χ1n) is 2.23. The van der Waals surface area contributed by atoms with E-state index in [-0.39, 0.29) is 18.2 Å². The molecule has 0 fully saturated rings. The molecule has 0 aromatic heterocycles. The first-order chi connectivity index (χ1) is 3.79. The number of thiol groups is 1. The van der Waals surface area contributed by atoms with Crippen LogP contribution in [0.1, 0.15) is 0 Å². The monoisotopic (exact) mass is 164 g/mol. The zero-order valence-electron chi connectivity index (χ0n) is 4.54. The first kappa shape index (κ1) is 8.79. The van der Waals surface area contributed by atoms with Crippen LogP contribution in [0.3, 0.4) is 0 Å². The van der Waals surface area contributed by atoms with Gasteiger partial charge in [0.2, 0.25) is 0 Å². The Hall–Kier alpha value is -0.210. The molecule has 1 aromatic carbocycles. The minimum atomic E-state index is -0.220. The van der Waals surface area contributed by atoms with Crippen molar-refractivity contribution in [2.45, 2.75) is 4.90 Å². The average molecular weight is 165 g/mol. The van der Waals surface area contributed by atoms with E-state index in [9.17, 15) is 4.39 Å². The summed E-state index contributed by atoms with van der Waals surface area (Å²) in [6.07, 6.45) is 0. The summed E-state index contributed by atoms with van der Waals surface area (Å²) in [6, 6.07) is 5.97. The number of halogens is 2. The average Bonchev–Trinajstić information content (AvgIpc) is 1.77. The minimum Gasteiger partial charge on any atom is -0.207 e. The number of hydrogen-bond donors (Lipinski definition) is 1. The van der Waals surface area contributed by atoms with Crippen LogP contribution in [0.25, 0.3) is 0 Å². The summed E-state index contributed by atoms with van der Waals surface area (Å²) in [6.45, 7) is 0. The van der Waals surface area contributed by atoms with E-state index in [1.54, 1.807) is 12.1 Å². The molecule has 0 N–H and O–H groups in total. The number of rotatable bonds is 0. The number of benzene rings is 1. The zero-order chi connectivity index (χ0) is 5.98. The third kappa shape index (κ3) is 2.72. The molecule has 50 valence electrons. The van der Waals surface area contributed by atoms with Gasteiger partial charge in [-0.05, 0) is 24.3 Å². The molecular formula is C6H6ClFS. The Morgan fingerprint density at radius 3 is 1.89 bits per heavy atom. The summed E-state index contributed by atoms with van der Waals surface area (Å²) >= 11 is 3.97. The van der Waals surface area contributed by atoms with E-state index in [2.05, 4.69) is 12.6 Å². The Kier molecular flexibility index (Phi) is 3.66. The van der Waals surface area contributed by atoms with Crippen molar-refractivity contribution in [3.8, 4) is 0 Å². The van der Waals surface area contributed by atoms with Crippen LogP contribution < -0.4 is 0 Å². The third-order valence-electron chi connectivity index (χ3n) is 0.827. The molecule has 0 spiro atoms. The van der Waals surface area contributed by atoms with Gasteiger partial charge in [0.1, 0.15) is 5.82 Å². The highest BCUT2D eigenvalue weighted by Crippen LogP contribution is 2.04. The predicted octanol–water partition coefficient (Wildman–Crippen LogP) is 2.54. The van der Waals surface area contributed by atoms with E-state index in [1.807, 2.05) is 0 Å². The normalized spacial score (nSPS) is 8.22. The fourth-order valence-corrected chi connectivity index (χ4v) is 0.590. The van der Waals surface area contributed by atoms with Crippen LogP contribution in [-0.4, -0.2) is 0 Å². The maximum Gasteiger partial charge on any atom is 0.123 e. The van der Waals surface area contributed by atoms with E-state index in [0.717, 1.165) is 4.90 Å². The van der Waals surface area contributed by atoms with E-state index < -0.39 is 0 Å². The molecule has 0 aliphatic heterocycles. The van der Waals surface area contributed by atoms with E-state index in [4.69, 9.17) is 0 Å². The standard InChI is InChI=1S/C6H5FS.ClH/c7-5-1-3-6(8)4-2-5;/h1-4,8H;1H. The van der Waals surface area contributed by atoms with Crippen molar-refractivity contribution in [2.75, 3.05) is 0 Å². The van der Waals surface area contributed by atoms with Crippen LogP contribution in [0.4, 0.5) is 4.39 Å². The molecule has 0 aliphatic carbocycles. The second kappa shape index (κ2) is 3.75. The highest BCUT2D eigenvalue weighted by molar-refractivity contribution is 7.80. The van der Waals surface area contributed by atoms with Gasteiger partial charge in [-0.2, -0.15) is 0 Å². The fraction of sp³-hybridized carbons (Fsp3) is 0. The summed E-state index contributed by atoms with van der Waals surface area (Å²) in [5, 5.41) is 0. The molecule has 3 heteroatoms. The Morgan fingerprint density at radius 1 is 1.11 bits per heavy atom. The van der Waals surface area contributed by atoms with Gasteiger partial charge in [-0.1, -0.05) is 0 Å². The molecule has 1 rings (SSSR count). The van der Waals surface area contributed by atoms with Gasteiger partial charge in [0.15, 0.2) is 0 Å². The Bertz CT molecular complexity index is 152. The molecule has 0 amide bonds. The molecule has 0 nitrogen and oxygen atoms in total. The second-order valence-corrected chi connectivity index (χ2v) is 1.99. The Balaban J connectivity index is 0.000000640. The summed E-state index contributed by atoms with van der Waals surface area (Å²) in [4.78, 5) is 0.784. The van der Waals surface area contributed by atoms with Gasteiger partial charge in [0.25, 0.3) is 0 Å². The van der Waals surface area contributed by atoms with Gasteiger partial charge < -0.3 is 0 Å². The topological polar surface area (TPSA) is 0 Å². The van der Waals surface area contributed by atoms with E-state index in [1.165, 1.54) is 12.1 Å². The van der Waals surface area contributed by atoms with Gasteiger partial charge in [0.05, 0.1) is 0 Å². The third-order valence-corrected chi connectivity index (χ3v) is 1.12.